The van der Waals surface area contributed by atoms with Crippen LogP contribution < -0.4 is 4.74 Å². The Kier molecular flexibility index (Phi) is 6.07. The molecule has 0 aliphatic rings. The number of ketones is 1. The van der Waals surface area contributed by atoms with Crippen molar-refractivity contribution in [2.45, 2.75) is 53.4 Å². The van der Waals surface area contributed by atoms with Gasteiger partial charge in [0.15, 0.2) is 0 Å². The van der Waals surface area contributed by atoms with E-state index < -0.39 is 0 Å². The third kappa shape index (κ3) is 5.91. The molecule has 0 aliphatic heterocycles. The van der Waals surface area contributed by atoms with Crippen LogP contribution in [0, 0.1) is 5.41 Å². The summed E-state index contributed by atoms with van der Waals surface area (Å²) >= 11 is 0. The summed E-state index contributed by atoms with van der Waals surface area (Å²) in [5.41, 5.74) is 0.962. The van der Waals surface area contributed by atoms with Crippen molar-refractivity contribution in [3.63, 3.8) is 0 Å². The van der Waals surface area contributed by atoms with Gasteiger partial charge in [0.05, 0.1) is 6.61 Å². The second kappa shape index (κ2) is 7.32. The molecule has 0 amide bonds. The molecule has 0 aliphatic carbocycles. The summed E-state index contributed by atoms with van der Waals surface area (Å²) in [5.74, 6) is 1.23. The number of rotatable bonds is 7. The molecule has 106 valence electrons. The lowest BCUT2D eigenvalue weighted by molar-refractivity contribution is -0.126. The van der Waals surface area contributed by atoms with E-state index in [9.17, 15) is 4.79 Å². The zero-order valence-corrected chi connectivity index (χ0v) is 12.7. The molecule has 0 fully saturated rings. The van der Waals surface area contributed by atoms with E-state index in [1.54, 1.807) is 0 Å². The average molecular weight is 262 g/mol. The molecule has 0 N–H and O–H groups in total. The van der Waals surface area contributed by atoms with Crippen LogP contribution in [-0.2, 0) is 11.2 Å². The molecule has 0 saturated carbocycles. The first kappa shape index (κ1) is 15.7. The van der Waals surface area contributed by atoms with Crippen molar-refractivity contribution in [2.75, 3.05) is 6.61 Å². The van der Waals surface area contributed by atoms with Crippen LogP contribution in [0.4, 0.5) is 0 Å². The van der Waals surface area contributed by atoms with Crippen molar-refractivity contribution in [3.05, 3.63) is 29.8 Å². The Hall–Kier alpha value is -1.31. The van der Waals surface area contributed by atoms with Crippen molar-refractivity contribution < 1.29 is 9.53 Å². The van der Waals surface area contributed by atoms with E-state index in [0.29, 0.717) is 12.2 Å². The number of carbonyl (C=O) groups excluding carboxylic acids is 1. The lowest BCUT2D eigenvalue weighted by atomic mass is 9.87. The molecular formula is C17H26O2. The predicted molar refractivity (Wildman–Crippen MR) is 79.6 cm³/mol. The van der Waals surface area contributed by atoms with Gasteiger partial charge in [-0.15, -0.1) is 0 Å². The number of hydrogen-bond donors (Lipinski definition) is 0. The predicted octanol–water partition coefficient (Wildman–Crippen LogP) is 4.41. The van der Waals surface area contributed by atoms with Crippen LogP contribution in [-0.4, -0.2) is 12.4 Å². The summed E-state index contributed by atoms with van der Waals surface area (Å²) in [7, 11) is 0. The molecule has 1 aromatic rings. The highest BCUT2D eigenvalue weighted by Crippen LogP contribution is 2.19. The van der Waals surface area contributed by atoms with Gasteiger partial charge in [0.1, 0.15) is 11.5 Å². The quantitative estimate of drug-likeness (QED) is 0.680. The fourth-order valence-corrected chi connectivity index (χ4v) is 1.72. The molecule has 19 heavy (non-hydrogen) atoms. The zero-order valence-electron chi connectivity index (χ0n) is 12.7. The van der Waals surface area contributed by atoms with Crippen LogP contribution in [0.3, 0.4) is 0 Å². The van der Waals surface area contributed by atoms with Gasteiger partial charge < -0.3 is 4.74 Å². The molecule has 0 heterocycles. The maximum atomic E-state index is 11.9. The Morgan fingerprint density at radius 2 is 1.79 bits per heavy atom. The second-order valence-corrected chi connectivity index (χ2v) is 6.02. The molecule has 0 bridgehead atoms. The minimum Gasteiger partial charge on any atom is -0.494 e. The van der Waals surface area contributed by atoms with Gasteiger partial charge in [-0.25, -0.2) is 0 Å². The molecule has 1 rings (SSSR count). The van der Waals surface area contributed by atoms with Gasteiger partial charge in [-0.05, 0) is 30.5 Å². The van der Waals surface area contributed by atoms with E-state index in [1.807, 2.05) is 32.9 Å². The number of aryl methyl sites for hydroxylation is 1. The Bertz CT molecular complexity index is 385. The van der Waals surface area contributed by atoms with Crippen LogP contribution in [0.1, 0.15) is 52.5 Å². The highest BCUT2D eigenvalue weighted by atomic mass is 16.5. The number of Topliss-reactive ketones (excluding diaryl/α,β-unsaturated/α-hetero) is 1. The van der Waals surface area contributed by atoms with E-state index >= 15 is 0 Å². The van der Waals surface area contributed by atoms with Crippen LogP contribution in [0.2, 0.25) is 0 Å². The maximum absolute atomic E-state index is 11.9. The summed E-state index contributed by atoms with van der Waals surface area (Å²) < 4.78 is 5.61. The van der Waals surface area contributed by atoms with Gasteiger partial charge in [-0.1, -0.05) is 46.2 Å². The van der Waals surface area contributed by atoms with Crippen molar-refractivity contribution in [1.82, 2.24) is 0 Å². The van der Waals surface area contributed by atoms with Crippen molar-refractivity contribution in [2.24, 2.45) is 5.41 Å². The standard InChI is InChI=1S/C17H26O2/c1-5-6-13-19-15-10-7-14(8-11-15)9-12-16(18)17(2,3)4/h7-8,10-11H,5-6,9,12-13H2,1-4H3. The van der Waals surface area contributed by atoms with Gasteiger partial charge >= 0.3 is 0 Å². The molecule has 0 atom stereocenters. The van der Waals surface area contributed by atoms with E-state index in [-0.39, 0.29) is 5.41 Å². The van der Waals surface area contributed by atoms with Crippen LogP contribution in [0.25, 0.3) is 0 Å². The fraction of sp³-hybridized carbons (Fsp3) is 0.588. The first-order valence-electron chi connectivity index (χ1n) is 7.18. The second-order valence-electron chi connectivity index (χ2n) is 6.02. The number of benzene rings is 1. The molecule has 1 aromatic carbocycles. The monoisotopic (exact) mass is 262 g/mol. The smallest absolute Gasteiger partial charge is 0.138 e. The maximum Gasteiger partial charge on any atom is 0.138 e. The van der Waals surface area contributed by atoms with E-state index in [0.717, 1.165) is 31.6 Å². The fourth-order valence-electron chi connectivity index (χ4n) is 1.72. The van der Waals surface area contributed by atoms with Gasteiger partial charge in [0.25, 0.3) is 0 Å². The highest BCUT2D eigenvalue weighted by Gasteiger charge is 2.20. The number of ether oxygens (including phenoxy) is 1. The zero-order chi connectivity index (χ0) is 14.3. The van der Waals surface area contributed by atoms with E-state index in [2.05, 4.69) is 19.1 Å². The van der Waals surface area contributed by atoms with Crippen molar-refractivity contribution in [3.8, 4) is 5.75 Å². The Balaban J connectivity index is 2.42. The molecular weight excluding hydrogens is 236 g/mol. The first-order chi connectivity index (χ1) is 8.93. The van der Waals surface area contributed by atoms with Crippen LogP contribution in [0.15, 0.2) is 24.3 Å². The largest absolute Gasteiger partial charge is 0.494 e. The van der Waals surface area contributed by atoms with Gasteiger partial charge in [0, 0.05) is 11.8 Å². The van der Waals surface area contributed by atoms with Crippen LogP contribution in [0.5, 0.6) is 5.75 Å². The summed E-state index contributed by atoms with van der Waals surface area (Å²) in [4.78, 5) is 11.9. The number of unbranched alkanes of at least 4 members (excludes halogenated alkanes) is 1. The van der Waals surface area contributed by atoms with E-state index in [4.69, 9.17) is 4.74 Å². The molecule has 0 spiro atoms. The summed E-state index contributed by atoms with van der Waals surface area (Å²) in [6.07, 6.45) is 3.65. The minimum absolute atomic E-state index is 0.233. The molecule has 0 unspecified atom stereocenters. The summed E-state index contributed by atoms with van der Waals surface area (Å²) in [6.45, 7) is 8.84. The Morgan fingerprint density at radius 1 is 1.16 bits per heavy atom. The third-order valence-electron chi connectivity index (χ3n) is 3.17. The minimum atomic E-state index is -0.233. The lowest BCUT2D eigenvalue weighted by Gasteiger charge is -2.16. The molecule has 0 radical (unpaired) electrons. The summed E-state index contributed by atoms with van der Waals surface area (Å²) in [6, 6.07) is 8.09. The van der Waals surface area contributed by atoms with Crippen molar-refractivity contribution >= 4 is 5.78 Å². The number of hydrogen-bond acceptors (Lipinski definition) is 2. The van der Waals surface area contributed by atoms with Gasteiger partial charge in [-0.2, -0.15) is 0 Å². The van der Waals surface area contributed by atoms with Crippen LogP contribution >= 0.6 is 0 Å². The normalized spacial score (nSPS) is 11.4. The van der Waals surface area contributed by atoms with Crippen molar-refractivity contribution in [1.29, 1.82) is 0 Å². The molecule has 2 nitrogen and oxygen atoms in total. The molecule has 2 heteroatoms. The Morgan fingerprint density at radius 3 is 2.32 bits per heavy atom. The Labute approximate surface area is 117 Å². The van der Waals surface area contributed by atoms with Gasteiger partial charge in [-0.3, -0.25) is 4.79 Å². The number of carbonyl (C=O) groups is 1. The van der Waals surface area contributed by atoms with Gasteiger partial charge in [0.2, 0.25) is 0 Å². The van der Waals surface area contributed by atoms with E-state index in [1.165, 1.54) is 5.56 Å². The SMILES string of the molecule is CCCCOc1ccc(CCC(=O)C(C)(C)C)cc1. The highest BCUT2D eigenvalue weighted by molar-refractivity contribution is 5.83. The summed E-state index contributed by atoms with van der Waals surface area (Å²) in [5, 5.41) is 0. The average Bonchev–Trinajstić information content (AvgIpc) is 2.36. The third-order valence-corrected chi connectivity index (χ3v) is 3.17. The lowest BCUT2D eigenvalue weighted by Crippen LogP contribution is -2.20. The first-order valence-corrected chi connectivity index (χ1v) is 7.18. The molecule has 0 aromatic heterocycles. The topological polar surface area (TPSA) is 26.3 Å². The molecule has 0 saturated heterocycles.